The summed E-state index contributed by atoms with van der Waals surface area (Å²) in [6.07, 6.45) is 2.18. The maximum Gasteiger partial charge on any atom is 0.260 e. The minimum Gasteiger partial charge on any atom is -0.456 e. The Morgan fingerprint density at radius 2 is 0.852 bits per heavy atom. The Morgan fingerprint density at radius 1 is 0.459 bits per heavy atom. The largest absolute Gasteiger partial charge is 0.456 e. The first-order valence-corrected chi connectivity index (χ1v) is 28.1. The molecule has 0 radical (unpaired) electrons. The van der Waals surface area contributed by atoms with Crippen LogP contribution in [0, 0.1) is 0 Å². The second-order valence-electron chi connectivity index (χ2n) is 20.3. The van der Waals surface area contributed by atoms with Gasteiger partial charge in [-0.25, -0.2) is 0 Å². The minimum absolute atomic E-state index is 0.0554. The number of hydrogen-bond donors (Lipinski definition) is 0. The molecular formula is C54H51BN2O2Si2. The molecule has 0 atom stereocenters. The van der Waals surface area contributed by atoms with Gasteiger partial charge in [-0.1, -0.05) is 151 Å². The van der Waals surface area contributed by atoms with Crippen molar-refractivity contribution in [3.05, 3.63) is 151 Å². The topological polar surface area (TPSA) is 24.9 Å². The van der Waals surface area contributed by atoms with Crippen LogP contribution in [-0.2, 0) is 10.8 Å². The molecule has 0 saturated heterocycles. The average Bonchev–Trinajstić information content (AvgIpc) is 3.25. The van der Waals surface area contributed by atoms with Crippen molar-refractivity contribution in [1.29, 1.82) is 0 Å². The molecule has 7 aromatic carbocycles. The van der Waals surface area contributed by atoms with Gasteiger partial charge in [0.2, 0.25) is 0 Å². The smallest absolute Gasteiger partial charge is 0.260 e. The van der Waals surface area contributed by atoms with E-state index >= 15 is 0 Å². The molecule has 7 heteroatoms. The third-order valence-electron chi connectivity index (χ3n) is 15.2. The zero-order chi connectivity index (χ0) is 41.8. The van der Waals surface area contributed by atoms with Crippen molar-refractivity contribution >= 4 is 94.1 Å². The van der Waals surface area contributed by atoms with Crippen molar-refractivity contribution < 1.29 is 9.47 Å². The minimum atomic E-state index is -2.00. The van der Waals surface area contributed by atoms with Gasteiger partial charge in [-0.2, -0.15) is 0 Å². The fourth-order valence-corrected chi connectivity index (χ4v) is 17.8. The molecule has 12 rings (SSSR count). The van der Waals surface area contributed by atoms with E-state index in [1.165, 1.54) is 65.5 Å². The molecule has 7 aromatic rings. The molecule has 1 aliphatic carbocycles. The molecule has 300 valence electrons. The Bertz CT molecular complexity index is 2930. The Kier molecular flexibility index (Phi) is 7.54. The van der Waals surface area contributed by atoms with E-state index in [2.05, 4.69) is 203 Å². The van der Waals surface area contributed by atoms with Crippen molar-refractivity contribution in [1.82, 2.24) is 0 Å². The van der Waals surface area contributed by atoms with Crippen LogP contribution in [0.25, 0.3) is 0 Å². The molecule has 0 saturated carbocycles. The molecule has 0 fully saturated rings. The molecule has 4 nitrogen and oxygen atoms in total. The van der Waals surface area contributed by atoms with E-state index in [1.807, 2.05) is 0 Å². The first-order valence-electron chi connectivity index (χ1n) is 22.1. The Hall–Kier alpha value is -5.76. The summed E-state index contributed by atoms with van der Waals surface area (Å²) in [5.74, 6) is 3.75. The first-order chi connectivity index (χ1) is 29.3. The van der Waals surface area contributed by atoms with Gasteiger partial charge in [0.25, 0.3) is 6.71 Å². The lowest BCUT2D eigenvalue weighted by Gasteiger charge is -2.47. The van der Waals surface area contributed by atoms with Gasteiger partial charge in [0.15, 0.2) is 0 Å². The van der Waals surface area contributed by atoms with Crippen molar-refractivity contribution in [2.45, 2.75) is 77.6 Å². The molecule has 4 aliphatic heterocycles. The van der Waals surface area contributed by atoms with Crippen molar-refractivity contribution in [2.75, 3.05) is 9.80 Å². The molecular weight excluding hydrogens is 776 g/mol. The summed E-state index contributed by atoms with van der Waals surface area (Å²) in [7, 11) is -4.00. The van der Waals surface area contributed by atoms with Gasteiger partial charge in [0.1, 0.15) is 39.1 Å². The highest BCUT2D eigenvalue weighted by atomic mass is 28.3. The van der Waals surface area contributed by atoms with E-state index < -0.39 is 16.1 Å². The molecule has 0 aromatic heterocycles. The molecule has 0 amide bonds. The number of nitrogens with zero attached hydrogens (tertiary/aromatic N) is 2. The van der Waals surface area contributed by atoms with Crippen LogP contribution in [0.3, 0.4) is 0 Å². The highest BCUT2D eigenvalue weighted by Crippen LogP contribution is 2.55. The Balaban J connectivity index is 1.15. The van der Waals surface area contributed by atoms with Crippen molar-refractivity contribution in [2.24, 2.45) is 0 Å². The summed E-state index contributed by atoms with van der Waals surface area (Å²) in [4.78, 5) is 4.99. The zero-order valence-electron chi connectivity index (χ0n) is 36.5. The van der Waals surface area contributed by atoms with E-state index in [0.717, 1.165) is 52.7 Å². The number of hydrogen-bond acceptors (Lipinski definition) is 4. The fourth-order valence-electron chi connectivity index (χ4n) is 11.9. The predicted octanol–water partition coefficient (Wildman–Crippen LogP) is 9.97. The van der Waals surface area contributed by atoms with Crippen molar-refractivity contribution in [3.8, 4) is 23.0 Å². The van der Waals surface area contributed by atoms with E-state index in [0.29, 0.717) is 0 Å². The predicted molar refractivity (Wildman–Crippen MR) is 262 cm³/mol. The van der Waals surface area contributed by atoms with Crippen LogP contribution in [0.2, 0.25) is 26.2 Å². The molecule has 61 heavy (non-hydrogen) atoms. The number of anilines is 6. The maximum absolute atomic E-state index is 7.68. The second kappa shape index (κ2) is 12.4. The quantitative estimate of drug-likeness (QED) is 0.162. The number of ether oxygens (including phenoxy) is 2. The van der Waals surface area contributed by atoms with Gasteiger partial charge in [-0.3, -0.25) is 0 Å². The molecule has 5 aliphatic rings. The van der Waals surface area contributed by atoms with Crippen LogP contribution in [-0.4, -0.2) is 22.9 Å². The summed E-state index contributed by atoms with van der Waals surface area (Å²) < 4.78 is 15.2. The van der Waals surface area contributed by atoms with E-state index in [9.17, 15) is 0 Å². The van der Waals surface area contributed by atoms with Gasteiger partial charge in [0.05, 0.1) is 11.4 Å². The van der Waals surface area contributed by atoms with Crippen LogP contribution in [0.5, 0.6) is 23.0 Å². The van der Waals surface area contributed by atoms with Gasteiger partial charge in [-0.05, 0) is 103 Å². The normalized spacial score (nSPS) is 18.4. The third-order valence-corrected chi connectivity index (χ3v) is 22.3. The molecule has 0 bridgehead atoms. The summed E-state index contributed by atoms with van der Waals surface area (Å²) in [5, 5.41) is 5.77. The zero-order valence-corrected chi connectivity index (χ0v) is 38.5. The Morgan fingerprint density at radius 3 is 1.31 bits per heavy atom. The highest BCUT2D eigenvalue weighted by Gasteiger charge is 2.50. The summed E-state index contributed by atoms with van der Waals surface area (Å²) in [6.45, 7) is 19.5. The van der Waals surface area contributed by atoms with Crippen LogP contribution in [0.15, 0.2) is 140 Å². The summed E-state index contributed by atoms with van der Waals surface area (Å²) >= 11 is 0. The average molecular weight is 827 g/mol. The Labute approximate surface area is 362 Å². The van der Waals surface area contributed by atoms with Gasteiger partial charge < -0.3 is 19.3 Å². The number of para-hydroxylation sites is 6. The highest BCUT2D eigenvalue weighted by molar-refractivity contribution is 7.03. The lowest BCUT2D eigenvalue weighted by Crippen LogP contribution is -2.60. The van der Waals surface area contributed by atoms with Gasteiger partial charge in [-0.15, -0.1) is 0 Å². The lowest BCUT2D eigenvalue weighted by molar-refractivity contribution is 0.318. The van der Waals surface area contributed by atoms with Gasteiger partial charge in [0, 0.05) is 33.8 Å². The van der Waals surface area contributed by atoms with E-state index in [1.54, 1.807) is 0 Å². The molecule has 0 spiro atoms. The second-order valence-corrected chi connectivity index (χ2v) is 29.0. The fraction of sp³-hybridized carbons (Fsp3) is 0.222. The van der Waals surface area contributed by atoms with E-state index in [4.69, 9.17) is 9.47 Å². The van der Waals surface area contributed by atoms with Crippen LogP contribution >= 0.6 is 0 Å². The van der Waals surface area contributed by atoms with Gasteiger partial charge >= 0.3 is 0 Å². The van der Waals surface area contributed by atoms with E-state index in [-0.39, 0.29) is 17.5 Å². The van der Waals surface area contributed by atoms with Crippen molar-refractivity contribution in [3.63, 3.8) is 0 Å². The SMILES string of the molecule is CC1(C)CCC(C)(C)c2c1cc1c3c2Oc2c(cccc2N2c4ccccc4[Si](C)(C)c4ccccc42)B3c2cccc(N3c4ccccc4[Si](C)(C)c4ccccc43)c2O1. The molecule has 0 unspecified atom stereocenters. The number of rotatable bonds is 2. The summed E-state index contributed by atoms with van der Waals surface area (Å²) in [5.41, 5.74) is 13.2. The number of benzene rings is 7. The molecule has 4 heterocycles. The first kappa shape index (κ1) is 37.0. The lowest BCUT2D eigenvalue weighted by atomic mass is 9.34. The number of fused-ring (bicyclic) bond motifs is 10. The third kappa shape index (κ3) is 4.93. The van der Waals surface area contributed by atoms with Crippen LogP contribution < -0.4 is 56.4 Å². The maximum atomic E-state index is 7.68. The summed E-state index contributed by atoms with van der Waals surface area (Å²) in [6, 6.07) is 52.4. The van der Waals surface area contributed by atoms with Crippen LogP contribution in [0.4, 0.5) is 34.1 Å². The standard InChI is InChI=1S/C54H51BN2O2Si2/c1-53(2)31-32-54(3,4)48-34(53)33-43-49-52(48)59-51-36(20-18-26-42(51)57-39-23-11-15-29-46(39)61(7,8)47-30-16-12-24-40(47)57)55(49)35-19-17-25-41(50(35)58-43)56-37-21-9-13-27-44(37)60(5,6)45-28-14-10-22-38(45)56/h9-30,33H,31-32H2,1-8H3. The monoisotopic (exact) mass is 826 g/mol. The molecule has 0 N–H and O–H groups in total. The van der Waals surface area contributed by atoms with Crippen LogP contribution in [0.1, 0.15) is 51.7 Å².